The smallest absolute Gasteiger partial charge is 0.255 e. The maximum absolute atomic E-state index is 12.6. The van der Waals surface area contributed by atoms with Gasteiger partial charge < -0.3 is 15.4 Å². The van der Waals surface area contributed by atoms with Gasteiger partial charge in [-0.05, 0) is 19.8 Å². The van der Waals surface area contributed by atoms with E-state index in [1.807, 2.05) is 0 Å². The van der Waals surface area contributed by atoms with Crippen molar-refractivity contribution in [2.75, 3.05) is 13.7 Å². The number of rotatable bonds is 6. The minimum atomic E-state index is -0.515. The molecule has 2 heterocycles. The third kappa shape index (κ3) is 3.63. The highest BCUT2D eigenvalue weighted by molar-refractivity contribution is 6.00. The number of hydrogen-bond acceptors (Lipinski definition) is 5. The molecule has 0 bridgehead atoms. The molecule has 0 unspecified atom stereocenters. The molecule has 8 heteroatoms. The first-order chi connectivity index (χ1) is 12.0. The van der Waals surface area contributed by atoms with Gasteiger partial charge in [0, 0.05) is 26.0 Å². The van der Waals surface area contributed by atoms with Crippen LogP contribution in [0, 0.1) is 0 Å². The molecule has 2 aromatic heterocycles. The minimum Gasteiger partial charge on any atom is -0.372 e. The summed E-state index contributed by atoms with van der Waals surface area (Å²) in [5, 5.41) is 10.2. The molecule has 1 atom stereocenters. The first kappa shape index (κ1) is 17.3. The van der Waals surface area contributed by atoms with E-state index in [-0.39, 0.29) is 11.8 Å². The van der Waals surface area contributed by atoms with E-state index in [0.717, 1.165) is 25.7 Å². The van der Waals surface area contributed by atoms with E-state index in [1.54, 1.807) is 30.0 Å². The predicted molar refractivity (Wildman–Crippen MR) is 91.1 cm³/mol. The van der Waals surface area contributed by atoms with E-state index in [2.05, 4.69) is 20.7 Å². The fourth-order valence-corrected chi connectivity index (χ4v) is 3.22. The fraction of sp³-hybridized carbons (Fsp3) is 0.529. The zero-order valence-electron chi connectivity index (χ0n) is 14.5. The number of amides is 2. The van der Waals surface area contributed by atoms with Gasteiger partial charge >= 0.3 is 0 Å². The van der Waals surface area contributed by atoms with Crippen molar-refractivity contribution in [1.29, 1.82) is 0 Å². The maximum Gasteiger partial charge on any atom is 0.255 e. The van der Waals surface area contributed by atoms with Crippen LogP contribution in [0.25, 0.3) is 5.52 Å². The van der Waals surface area contributed by atoms with Gasteiger partial charge in [-0.2, -0.15) is 5.10 Å². The average molecular weight is 345 g/mol. The Morgan fingerprint density at radius 1 is 1.36 bits per heavy atom. The Morgan fingerprint density at radius 2 is 2.12 bits per heavy atom. The minimum absolute atomic E-state index is 0.154. The number of carbonyl (C=O) groups excluding carboxylic acids is 2. The summed E-state index contributed by atoms with van der Waals surface area (Å²) in [6.45, 7) is 2.09. The summed E-state index contributed by atoms with van der Waals surface area (Å²) in [7, 11) is 1.51. The number of nitrogens with zero attached hydrogens (tertiary/aromatic N) is 3. The normalized spacial score (nSPS) is 17.4. The Kier molecular flexibility index (Phi) is 4.98. The van der Waals surface area contributed by atoms with Crippen molar-refractivity contribution in [3.63, 3.8) is 0 Å². The van der Waals surface area contributed by atoms with Gasteiger partial charge in [0.25, 0.3) is 5.91 Å². The topological polar surface area (TPSA) is 97.6 Å². The number of fused-ring (bicyclic) bond motifs is 1. The highest BCUT2D eigenvalue weighted by Gasteiger charge is 2.36. The van der Waals surface area contributed by atoms with Crippen LogP contribution in [0.15, 0.2) is 24.8 Å². The monoisotopic (exact) mass is 345 g/mol. The second kappa shape index (κ2) is 7.18. The van der Waals surface area contributed by atoms with E-state index in [1.165, 1.54) is 13.3 Å². The van der Waals surface area contributed by atoms with Gasteiger partial charge in [0.1, 0.15) is 6.10 Å². The van der Waals surface area contributed by atoms with Crippen LogP contribution in [0.2, 0.25) is 0 Å². The average Bonchev–Trinajstić information content (AvgIpc) is 3.26. The van der Waals surface area contributed by atoms with Crippen molar-refractivity contribution in [3.8, 4) is 0 Å². The van der Waals surface area contributed by atoms with Crippen molar-refractivity contribution in [1.82, 2.24) is 25.2 Å². The molecular formula is C17H23N5O3. The lowest BCUT2D eigenvalue weighted by Crippen LogP contribution is -2.56. The van der Waals surface area contributed by atoms with Crippen LogP contribution < -0.4 is 10.6 Å². The SMILES string of the molecule is CO[C@H](C)C(=O)NC1(CNC(=O)c2cnn3ccncc23)CCCC1. The van der Waals surface area contributed by atoms with Crippen LogP contribution in [-0.2, 0) is 9.53 Å². The Hall–Kier alpha value is -2.48. The second-order valence-corrected chi connectivity index (χ2v) is 6.50. The summed E-state index contributed by atoms with van der Waals surface area (Å²) in [5.74, 6) is -0.373. The quantitative estimate of drug-likeness (QED) is 0.811. The van der Waals surface area contributed by atoms with Crippen LogP contribution in [0.5, 0.6) is 0 Å². The summed E-state index contributed by atoms with van der Waals surface area (Å²) in [6.07, 6.45) is 9.65. The molecule has 1 fully saturated rings. The van der Waals surface area contributed by atoms with Crippen LogP contribution in [0.1, 0.15) is 43.0 Å². The standard InChI is InChI=1S/C17H23N5O3/c1-12(25-2)15(23)21-17(5-3-4-6-17)11-19-16(24)13-9-20-22-8-7-18-10-14(13)22/h7-10,12H,3-6,11H2,1-2H3,(H,19,24)(H,21,23)/t12-/m1/s1. The molecule has 2 amide bonds. The Morgan fingerprint density at radius 3 is 2.84 bits per heavy atom. The van der Waals surface area contributed by atoms with Crippen molar-refractivity contribution in [2.24, 2.45) is 0 Å². The molecule has 2 N–H and O–H groups in total. The largest absolute Gasteiger partial charge is 0.372 e. The molecule has 0 aromatic carbocycles. The Labute approximate surface area is 146 Å². The Bertz CT molecular complexity index is 766. The number of methoxy groups -OCH3 is 1. The fourth-order valence-electron chi connectivity index (χ4n) is 3.22. The van der Waals surface area contributed by atoms with Crippen LogP contribution in [0.3, 0.4) is 0 Å². The zero-order valence-corrected chi connectivity index (χ0v) is 14.5. The lowest BCUT2D eigenvalue weighted by molar-refractivity contribution is -0.132. The summed E-state index contributed by atoms with van der Waals surface area (Å²) < 4.78 is 6.69. The van der Waals surface area contributed by atoms with E-state index in [4.69, 9.17) is 4.74 Å². The highest BCUT2D eigenvalue weighted by Crippen LogP contribution is 2.29. The number of carbonyl (C=O) groups is 2. The zero-order chi connectivity index (χ0) is 17.9. The second-order valence-electron chi connectivity index (χ2n) is 6.50. The van der Waals surface area contributed by atoms with Crippen molar-refractivity contribution in [2.45, 2.75) is 44.2 Å². The molecule has 2 aromatic rings. The van der Waals surface area contributed by atoms with E-state index < -0.39 is 11.6 Å². The van der Waals surface area contributed by atoms with Crippen LogP contribution in [-0.4, -0.2) is 51.7 Å². The van der Waals surface area contributed by atoms with Gasteiger partial charge in [-0.3, -0.25) is 14.6 Å². The summed E-state index contributed by atoms with van der Waals surface area (Å²) >= 11 is 0. The van der Waals surface area contributed by atoms with Gasteiger partial charge in [-0.1, -0.05) is 12.8 Å². The highest BCUT2D eigenvalue weighted by atomic mass is 16.5. The van der Waals surface area contributed by atoms with Crippen molar-refractivity contribution in [3.05, 3.63) is 30.4 Å². The molecule has 1 aliphatic carbocycles. The van der Waals surface area contributed by atoms with E-state index in [9.17, 15) is 9.59 Å². The van der Waals surface area contributed by atoms with Crippen molar-refractivity contribution < 1.29 is 14.3 Å². The van der Waals surface area contributed by atoms with Crippen LogP contribution in [0.4, 0.5) is 0 Å². The molecule has 0 saturated heterocycles. The maximum atomic E-state index is 12.6. The van der Waals surface area contributed by atoms with Gasteiger partial charge in [-0.25, -0.2) is 4.52 Å². The molecule has 1 aliphatic rings. The number of ether oxygens (including phenoxy) is 1. The third-order valence-corrected chi connectivity index (χ3v) is 4.83. The number of hydrogen-bond donors (Lipinski definition) is 2. The first-order valence-electron chi connectivity index (χ1n) is 8.45. The first-order valence-corrected chi connectivity index (χ1v) is 8.45. The number of nitrogens with one attached hydrogen (secondary N) is 2. The van der Waals surface area contributed by atoms with Crippen molar-refractivity contribution >= 4 is 17.3 Å². The summed E-state index contributed by atoms with van der Waals surface area (Å²) in [4.78, 5) is 28.8. The molecule has 25 heavy (non-hydrogen) atoms. The van der Waals surface area contributed by atoms with E-state index in [0.29, 0.717) is 17.6 Å². The molecule has 1 saturated carbocycles. The third-order valence-electron chi connectivity index (χ3n) is 4.83. The van der Waals surface area contributed by atoms with Gasteiger partial charge in [0.15, 0.2) is 0 Å². The molecule has 0 spiro atoms. The predicted octanol–water partition coefficient (Wildman–Crippen LogP) is 0.923. The molecule has 3 rings (SSSR count). The summed E-state index contributed by atoms with van der Waals surface area (Å²) in [6, 6.07) is 0. The Balaban J connectivity index is 1.69. The van der Waals surface area contributed by atoms with Crippen LogP contribution >= 0.6 is 0 Å². The van der Waals surface area contributed by atoms with Gasteiger partial charge in [0.2, 0.25) is 5.91 Å². The van der Waals surface area contributed by atoms with E-state index >= 15 is 0 Å². The molecule has 8 nitrogen and oxygen atoms in total. The summed E-state index contributed by atoms with van der Waals surface area (Å²) in [5.41, 5.74) is 0.705. The van der Waals surface area contributed by atoms with Gasteiger partial charge in [-0.15, -0.1) is 0 Å². The van der Waals surface area contributed by atoms with Gasteiger partial charge in [0.05, 0.1) is 29.0 Å². The number of aromatic nitrogens is 3. The lowest BCUT2D eigenvalue weighted by Gasteiger charge is -2.31. The lowest BCUT2D eigenvalue weighted by atomic mass is 9.96. The molecule has 134 valence electrons. The molecule has 0 radical (unpaired) electrons. The molecular weight excluding hydrogens is 322 g/mol. The molecule has 0 aliphatic heterocycles.